The van der Waals surface area contributed by atoms with E-state index in [1.807, 2.05) is 24.3 Å². The minimum Gasteiger partial charge on any atom is -0.399 e. The van der Waals surface area contributed by atoms with Crippen LogP contribution < -0.4 is 5.73 Å². The average molecular weight is 306 g/mol. The largest absolute Gasteiger partial charge is 0.399 e. The first kappa shape index (κ1) is 13.3. The Balaban J connectivity index is 2.32. The van der Waals surface area contributed by atoms with E-state index in [4.69, 9.17) is 28.9 Å². The van der Waals surface area contributed by atoms with Crippen LogP contribution in [0.1, 0.15) is 6.92 Å². The maximum atomic E-state index is 6.28. The lowest BCUT2D eigenvalue weighted by Crippen LogP contribution is -1.98. The predicted octanol–water partition coefficient (Wildman–Crippen LogP) is 4.61. The van der Waals surface area contributed by atoms with Crippen molar-refractivity contribution in [1.82, 2.24) is 9.55 Å². The van der Waals surface area contributed by atoms with Gasteiger partial charge < -0.3 is 10.3 Å². The van der Waals surface area contributed by atoms with E-state index < -0.39 is 0 Å². The summed E-state index contributed by atoms with van der Waals surface area (Å²) in [6, 6.07) is 11.1. The smallest absolute Gasteiger partial charge is 0.142 e. The van der Waals surface area contributed by atoms with Gasteiger partial charge in [0.1, 0.15) is 5.82 Å². The number of aryl methyl sites for hydroxylation is 1. The van der Waals surface area contributed by atoms with Crippen molar-refractivity contribution in [3.63, 3.8) is 0 Å². The molecule has 0 atom stereocenters. The molecule has 0 saturated carbocycles. The van der Waals surface area contributed by atoms with E-state index >= 15 is 0 Å². The van der Waals surface area contributed by atoms with Crippen LogP contribution in [-0.2, 0) is 6.54 Å². The van der Waals surface area contributed by atoms with E-state index in [0.29, 0.717) is 15.7 Å². The number of fused-ring (bicyclic) bond motifs is 1. The van der Waals surface area contributed by atoms with Crippen LogP contribution in [-0.4, -0.2) is 9.55 Å². The minimum absolute atomic E-state index is 0.635. The Morgan fingerprint density at radius 1 is 1.15 bits per heavy atom. The van der Waals surface area contributed by atoms with Crippen molar-refractivity contribution < 1.29 is 0 Å². The summed E-state index contributed by atoms with van der Waals surface area (Å²) < 4.78 is 2.10. The second-order valence-corrected chi connectivity index (χ2v) is 5.40. The fourth-order valence-electron chi connectivity index (χ4n) is 2.34. The molecule has 0 radical (unpaired) electrons. The lowest BCUT2D eigenvalue weighted by molar-refractivity contribution is 0.796. The molecule has 5 heteroatoms. The number of aromatic nitrogens is 2. The third kappa shape index (κ3) is 2.13. The Hall–Kier alpha value is -1.71. The van der Waals surface area contributed by atoms with E-state index in [9.17, 15) is 0 Å². The zero-order valence-corrected chi connectivity index (χ0v) is 12.4. The molecule has 102 valence electrons. The summed E-state index contributed by atoms with van der Waals surface area (Å²) in [4.78, 5) is 4.66. The fraction of sp³-hybridized carbons (Fsp3) is 0.133. The minimum atomic E-state index is 0.635. The molecule has 3 nitrogen and oxygen atoms in total. The van der Waals surface area contributed by atoms with Gasteiger partial charge >= 0.3 is 0 Å². The summed E-state index contributed by atoms with van der Waals surface area (Å²) in [5, 5.41) is 1.30. The molecule has 20 heavy (non-hydrogen) atoms. The quantitative estimate of drug-likeness (QED) is 0.702. The van der Waals surface area contributed by atoms with Crippen LogP contribution in [0, 0.1) is 0 Å². The summed E-state index contributed by atoms with van der Waals surface area (Å²) in [5.74, 6) is 0.807. The number of rotatable bonds is 2. The van der Waals surface area contributed by atoms with Crippen LogP contribution >= 0.6 is 23.2 Å². The Bertz CT molecular complexity index is 793. The highest BCUT2D eigenvalue weighted by Crippen LogP contribution is 2.32. The van der Waals surface area contributed by atoms with Gasteiger partial charge in [-0.05, 0) is 43.3 Å². The maximum absolute atomic E-state index is 6.28. The molecule has 0 spiro atoms. The molecule has 3 rings (SSSR count). The highest BCUT2D eigenvalue weighted by atomic mass is 35.5. The van der Waals surface area contributed by atoms with Crippen LogP contribution in [0.15, 0.2) is 36.4 Å². The topological polar surface area (TPSA) is 43.8 Å². The van der Waals surface area contributed by atoms with Gasteiger partial charge in [0.2, 0.25) is 0 Å². The van der Waals surface area contributed by atoms with Gasteiger partial charge in [0.15, 0.2) is 0 Å². The molecule has 1 aromatic heterocycles. The molecule has 2 aromatic carbocycles. The van der Waals surface area contributed by atoms with E-state index in [2.05, 4.69) is 16.5 Å². The maximum Gasteiger partial charge on any atom is 0.142 e. The molecular formula is C15H13Cl2N3. The summed E-state index contributed by atoms with van der Waals surface area (Å²) in [5.41, 5.74) is 9.24. The fourth-order valence-corrected chi connectivity index (χ4v) is 2.71. The average Bonchev–Trinajstić information content (AvgIpc) is 2.78. The van der Waals surface area contributed by atoms with Crippen molar-refractivity contribution in [2.45, 2.75) is 13.5 Å². The van der Waals surface area contributed by atoms with Crippen LogP contribution in [0.4, 0.5) is 5.69 Å². The van der Waals surface area contributed by atoms with Crippen molar-refractivity contribution in [1.29, 1.82) is 0 Å². The number of nitrogens with two attached hydrogens (primary N) is 1. The van der Waals surface area contributed by atoms with E-state index in [1.165, 1.54) is 0 Å². The third-order valence-corrected chi connectivity index (χ3v) is 3.82. The van der Waals surface area contributed by atoms with Gasteiger partial charge in [-0.15, -0.1) is 0 Å². The second kappa shape index (κ2) is 5.00. The van der Waals surface area contributed by atoms with Gasteiger partial charge in [-0.3, -0.25) is 0 Å². The molecule has 3 aromatic rings. The number of imidazole rings is 1. The second-order valence-electron chi connectivity index (χ2n) is 4.55. The first-order chi connectivity index (χ1) is 9.60. The van der Waals surface area contributed by atoms with Gasteiger partial charge in [-0.1, -0.05) is 23.2 Å². The van der Waals surface area contributed by atoms with Gasteiger partial charge in [0, 0.05) is 22.8 Å². The Morgan fingerprint density at radius 3 is 2.70 bits per heavy atom. The van der Waals surface area contributed by atoms with Gasteiger partial charge in [0.25, 0.3) is 0 Å². The van der Waals surface area contributed by atoms with Gasteiger partial charge in [-0.2, -0.15) is 0 Å². The summed E-state index contributed by atoms with van der Waals surface area (Å²) in [6.45, 7) is 2.86. The van der Waals surface area contributed by atoms with Crippen LogP contribution in [0.25, 0.3) is 22.4 Å². The number of hydrogen-bond donors (Lipinski definition) is 1. The van der Waals surface area contributed by atoms with E-state index in [1.54, 1.807) is 12.1 Å². The van der Waals surface area contributed by atoms with E-state index in [-0.39, 0.29) is 0 Å². The summed E-state index contributed by atoms with van der Waals surface area (Å²) >= 11 is 12.3. The van der Waals surface area contributed by atoms with Crippen molar-refractivity contribution in [3.05, 3.63) is 46.4 Å². The molecule has 1 heterocycles. The number of hydrogen-bond acceptors (Lipinski definition) is 2. The lowest BCUT2D eigenvalue weighted by Gasteiger charge is -2.08. The molecule has 2 N–H and O–H groups in total. The zero-order valence-electron chi connectivity index (χ0n) is 10.9. The lowest BCUT2D eigenvalue weighted by atomic mass is 10.2. The van der Waals surface area contributed by atoms with Crippen molar-refractivity contribution in [3.8, 4) is 11.4 Å². The van der Waals surface area contributed by atoms with Gasteiger partial charge in [0.05, 0.1) is 16.1 Å². The molecule has 0 bridgehead atoms. The van der Waals surface area contributed by atoms with Crippen molar-refractivity contribution >= 4 is 39.9 Å². The normalized spacial score (nSPS) is 11.2. The Kier molecular flexibility index (Phi) is 3.32. The summed E-state index contributed by atoms with van der Waals surface area (Å²) in [6.07, 6.45) is 0. The number of benzene rings is 2. The van der Waals surface area contributed by atoms with Crippen LogP contribution in [0.3, 0.4) is 0 Å². The predicted molar refractivity (Wildman–Crippen MR) is 85.3 cm³/mol. The molecule has 0 saturated heterocycles. The highest BCUT2D eigenvalue weighted by Gasteiger charge is 2.14. The van der Waals surface area contributed by atoms with Crippen molar-refractivity contribution in [2.24, 2.45) is 0 Å². The molecule has 0 fully saturated rings. The van der Waals surface area contributed by atoms with E-state index in [0.717, 1.165) is 29.0 Å². The Morgan fingerprint density at radius 2 is 1.95 bits per heavy atom. The molecule has 0 amide bonds. The molecule has 0 unspecified atom stereocenters. The number of halogens is 2. The first-order valence-corrected chi connectivity index (χ1v) is 7.07. The number of nitrogen functional groups attached to an aromatic ring is 1. The molecule has 0 aliphatic rings. The van der Waals surface area contributed by atoms with Crippen LogP contribution in [0.5, 0.6) is 0 Å². The van der Waals surface area contributed by atoms with Gasteiger partial charge in [-0.25, -0.2) is 4.98 Å². The monoisotopic (exact) mass is 305 g/mol. The zero-order chi connectivity index (χ0) is 14.3. The van der Waals surface area contributed by atoms with Crippen molar-refractivity contribution in [2.75, 3.05) is 5.73 Å². The SMILES string of the molecule is CCn1c(-c2cc(N)ccc2Cl)nc2cc(Cl)ccc21. The summed E-state index contributed by atoms with van der Waals surface area (Å²) in [7, 11) is 0. The first-order valence-electron chi connectivity index (χ1n) is 6.31. The standard InChI is InChI=1S/C15H13Cl2N3/c1-2-20-14-6-3-9(16)7-13(14)19-15(20)11-8-10(18)4-5-12(11)17/h3-8H,2,18H2,1H3. The third-order valence-electron chi connectivity index (χ3n) is 3.26. The molecule has 0 aliphatic heterocycles. The molecule has 0 aliphatic carbocycles. The highest BCUT2D eigenvalue weighted by molar-refractivity contribution is 6.33. The number of anilines is 1. The Labute approximate surface area is 126 Å². The molecular weight excluding hydrogens is 293 g/mol. The van der Waals surface area contributed by atoms with Crippen LogP contribution in [0.2, 0.25) is 10.0 Å². The number of nitrogens with zero attached hydrogens (tertiary/aromatic N) is 2.